The summed E-state index contributed by atoms with van der Waals surface area (Å²) in [6.07, 6.45) is 5.62. The number of hydrogen-bond acceptors (Lipinski definition) is 3. The molecule has 4 rings (SSSR count). The number of hydrogen-bond donors (Lipinski definition) is 1. The molecule has 1 saturated carbocycles. The SMILES string of the molecule is CC(C(=O)NC1CCCCC1)c1ccc(-c2nc3ccccc3o2)c(F)c1. The molecular formula is C22H23FN2O2. The highest BCUT2D eigenvalue weighted by Gasteiger charge is 2.22. The molecule has 0 bridgehead atoms. The zero-order valence-corrected chi connectivity index (χ0v) is 15.4. The highest BCUT2D eigenvalue weighted by atomic mass is 19.1. The molecule has 0 spiro atoms. The van der Waals surface area contributed by atoms with Gasteiger partial charge < -0.3 is 9.73 Å². The van der Waals surface area contributed by atoms with Gasteiger partial charge in [-0.05, 0) is 49.6 Å². The number of nitrogens with zero attached hydrogens (tertiary/aromatic N) is 1. The molecule has 1 atom stereocenters. The van der Waals surface area contributed by atoms with Crippen LogP contribution in [0.4, 0.5) is 4.39 Å². The van der Waals surface area contributed by atoms with Gasteiger partial charge in [0.1, 0.15) is 11.3 Å². The first-order chi connectivity index (χ1) is 13.1. The van der Waals surface area contributed by atoms with Crippen LogP contribution in [0.1, 0.15) is 50.5 Å². The van der Waals surface area contributed by atoms with E-state index in [2.05, 4.69) is 10.3 Å². The molecule has 1 unspecified atom stereocenters. The Bertz CT molecular complexity index is 927. The van der Waals surface area contributed by atoms with Gasteiger partial charge in [-0.15, -0.1) is 0 Å². The third-order valence-electron chi connectivity index (χ3n) is 5.36. The molecule has 1 aromatic heterocycles. The lowest BCUT2D eigenvalue weighted by atomic mass is 9.93. The predicted molar refractivity (Wildman–Crippen MR) is 103 cm³/mol. The standard InChI is InChI=1S/C22H23FN2O2/c1-14(21(26)24-16-7-3-2-4-8-16)15-11-12-17(18(23)13-15)22-25-19-9-5-6-10-20(19)27-22/h5-6,9-14,16H,2-4,7-8H2,1H3,(H,24,26). The highest BCUT2D eigenvalue weighted by Crippen LogP contribution is 2.29. The molecule has 2 aromatic carbocycles. The molecule has 0 aliphatic heterocycles. The number of carbonyl (C=O) groups excluding carboxylic acids is 1. The lowest BCUT2D eigenvalue weighted by Gasteiger charge is -2.24. The Morgan fingerprint density at radius 2 is 1.96 bits per heavy atom. The van der Waals surface area contributed by atoms with Crippen LogP contribution in [0.5, 0.6) is 0 Å². The van der Waals surface area contributed by atoms with Crippen LogP contribution in [0, 0.1) is 5.82 Å². The molecule has 3 aromatic rings. The van der Waals surface area contributed by atoms with Crippen molar-refractivity contribution < 1.29 is 13.6 Å². The lowest BCUT2D eigenvalue weighted by Crippen LogP contribution is -2.38. The Kier molecular flexibility index (Phi) is 4.92. The fraction of sp³-hybridized carbons (Fsp3) is 0.364. The average Bonchev–Trinajstić information content (AvgIpc) is 3.12. The zero-order chi connectivity index (χ0) is 18.8. The Morgan fingerprint density at radius 3 is 2.70 bits per heavy atom. The maximum atomic E-state index is 14.7. The number of carbonyl (C=O) groups is 1. The molecule has 1 aliphatic rings. The minimum Gasteiger partial charge on any atom is -0.436 e. The Balaban J connectivity index is 1.52. The first-order valence-electron chi connectivity index (χ1n) is 9.57. The van der Waals surface area contributed by atoms with E-state index in [0.29, 0.717) is 22.2 Å². The van der Waals surface area contributed by atoms with E-state index in [1.54, 1.807) is 18.2 Å². The first kappa shape index (κ1) is 17.7. The number of aromatic nitrogens is 1. The maximum absolute atomic E-state index is 14.7. The fourth-order valence-electron chi connectivity index (χ4n) is 3.69. The van der Waals surface area contributed by atoms with E-state index in [1.807, 2.05) is 25.1 Å². The molecule has 1 aliphatic carbocycles. The van der Waals surface area contributed by atoms with Crippen LogP contribution >= 0.6 is 0 Å². The number of oxazole rings is 1. The number of fused-ring (bicyclic) bond motifs is 1. The number of benzene rings is 2. The second-order valence-corrected chi connectivity index (χ2v) is 7.29. The molecule has 27 heavy (non-hydrogen) atoms. The van der Waals surface area contributed by atoms with E-state index in [-0.39, 0.29) is 17.8 Å². The van der Waals surface area contributed by atoms with Gasteiger partial charge in [0.15, 0.2) is 5.58 Å². The van der Waals surface area contributed by atoms with Gasteiger partial charge in [0.2, 0.25) is 11.8 Å². The second kappa shape index (κ2) is 7.51. The fourth-order valence-corrected chi connectivity index (χ4v) is 3.69. The third kappa shape index (κ3) is 3.72. The quantitative estimate of drug-likeness (QED) is 0.692. The molecule has 5 heteroatoms. The normalized spacial score (nSPS) is 16.4. The first-order valence-corrected chi connectivity index (χ1v) is 9.57. The van der Waals surface area contributed by atoms with Crippen molar-refractivity contribution in [1.82, 2.24) is 10.3 Å². The second-order valence-electron chi connectivity index (χ2n) is 7.29. The highest BCUT2D eigenvalue weighted by molar-refractivity contribution is 5.83. The smallest absolute Gasteiger partial charge is 0.230 e. The van der Waals surface area contributed by atoms with Crippen LogP contribution in [-0.2, 0) is 4.79 Å². The zero-order valence-electron chi connectivity index (χ0n) is 15.4. The van der Waals surface area contributed by atoms with Crippen LogP contribution in [0.15, 0.2) is 46.9 Å². The number of rotatable bonds is 4. The lowest BCUT2D eigenvalue weighted by molar-refractivity contribution is -0.123. The van der Waals surface area contributed by atoms with Gasteiger partial charge in [-0.1, -0.05) is 37.5 Å². The van der Waals surface area contributed by atoms with Gasteiger partial charge in [-0.3, -0.25) is 4.79 Å². The molecule has 0 saturated heterocycles. The Hall–Kier alpha value is -2.69. The third-order valence-corrected chi connectivity index (χ3v) is 5.36. The molecule has 1 heterocycles. The van der Waals surface area contributed by atoms with Crippen LogP contribution in [-0.4, -0.2) is 16.9 Å². The Labute approximate surface area is 157 Å². The minimum atomic E-state index is -0.434. The van der Waals surface area contributed by atoms with Crippen LogP contribution in [0.2, 0.25) is 0 Å². The molecule has 140 valence electrons. The van der Waals surface area contributed by atoms with E-state index in [4.69, 9.17) is 4.42 Å². The topological polar surface area (TPSA) is 55.1 Å². The number of amides is 1. The summed E-state index contributed by atoms with van der Waals surface area (Å²) >= 11 is 0. The van der Waals surface area contributed by atoms with Gasteiger partial charge in [0.25, 0.3) is 0 Å². The van der Waals surface area contributed by atoms with Gasteiger partial charge in [0, 0.05) is 6.04 Å². The molecule has 1 fully saturated rings. The van der Waals surface area contributed by atoms with E-state index in [1.165, 1.54) is 12.5 Å². The van der Waals surface area contributed by atoms with Gasteiger partial charge in [0.05, 0.1) is 11.5 Å². The summed E-state index contributed by atoms with van der Waals surface area (Å²) in [5.41, 5.74) is 2.27. The number of halogens is 1. The minimum absolute atomic E-state index is 0.0455. The van der Waals surface area contributed by atoms with E-state index >= 15 is 0 Å². The van der Waals surface area contributed by atoms with Crippen molar-refractivity contribution >= 4 is 17.0 Å². The Morgan fingerprint density at radius 1 is 1.19 bits per heavy atom. The van der Waals surface area contributed by atoms with Gasteiger partial charge >= 0.3 is 0 Å². The van der Waals surface area contributed by atoms with Gasteiger partial charge in [-0.2, -0.15) is 0 Å². The van der Waals surface area contributed by atoms with Crippen molar-refractivity contribution in [2.75, 3.05) is 0 Å². The summed E-state index contributed by atoms with van der Waals surface area (Å²) in [5.74, 6) is -0.633. The van der Waals surface area contributed by atoms with E-state index < -0.39 is 11.7 Å². The molecule has 0 radical (unpaired) electrons. The van der Waals surface area contributed by atoms with Crippen molar-refractivity contribution in [3.63, 3.8) is 0 Å². The number of para-hydroxylation sites is 2. The summed E-state index contributed by atoms with van der Waals surface area (Å²) in [4.78, 5) is 16.9. The largest absolute Gasteiger partial charge is 0.436 e. The van der Waals surface area contributed by atoms with Crippen molar-refractivity contribution in [2.24, 2.45) is 0 Å². The van der Waals surface area contributed by atoms with Crippen LogP contribution in [0.25, 0.3) is 22.6 Å². The summed E-state index contributed by atoms with van der Waals surface area (Å²) < 4.78 is 20.4. The van der Waals surface area contributed by atoms with Crippen molar-refractivity contribution in [1.29, 1.82) is 0 Å². The monoisotopic (exact) mass is 366 g/mol. The average molecular weight is 366 g/mol. The summed E-state index contributed by atoms with van der Waals surface area (Å²) in [6.45, 7) is 1.81. The van der Waals surface area contributed by atoms with Crippen molar-refractivity contribution in [2.45, 2.75) is 51.0 Å². The summed E-state index contributed by atoms with van der Waals surface area (Å²) in [5, 5.41) is 3.11. The van der Waals surface area contributed by atoms with Crippen molar-refractivity contribution in [3.8, 4) is 11.5 Å². The summed E-state index contributed by atoms with van der Waals surface area (Å²) in [6, 6.07) is 12.4. The van der Waals surface area contributed by atoms with Crippen molar-refractivity contribution in [3.05, 3.63) is 53.8 Å². The molecule has 1 N–H and O–H groups in total. The predicted octanol–water partition coefficient (Wildman–Crippen LogP) is 5.19. The number of nitrogens with one attached hydrogen (secondary N) is 1. The molecule has 1 amide bonds. The van der Waals surface area contributed by atoms with Crippen LogP contribution < -0.4 is 5.32 Å². The maximum Gasteiger partial charge on any atom is 0.230 e. The molecular weight excluding hydrogens is 343 g/mol. The van der Waals surface area contributed by atoms with E-state index in [9.17, 15) is 9.18 Å². The summed E-state index contributed by atoms with van der Waals surface area (Å²) in [7, 11) is 0. The molecule has 4 nitrogen and oxygen atoms in total. The van der Waals surface area contributed by atoms with Gasteiger partial charge in [-0.25, -0.2) is 9.37 Å². The van der Waals surface area contributed by atoms with E-state index in [0.717, 1.165) is 25.7 Å². The van der Waals surface area contributed by atoms with Crippen LogP contribution in [0.3, 0.4) is 0 Å².